The summed E-state index contributed by atoms with van der Waals surface area (Å²) in [6, 6.07) is 6.86. The molecule has 0 amide bonds. The third-order valence-electron chi connectivity index (χ3n) is 9.08. The minimum atomic E-state index is -0.677. The first kappa shape index (κ1) is 36.2. The fraction of sp³-hybridized carbons (Fsp3) is 0.667. The highest BCUT2D eigenvalue weighted by Gasteiger charge is 2.23. The van der Waals surface area contributed by atoms with Crippen LogP contribution in [0.5, 0.6) is 0 Å². The SMILES string of the molecule is C.C.CCCC1CCC(Cc2ccc(C)c(F)c2F)CC1.Cc1ccc(CCCC2CCC(C)CC2)c(F)c1F. The van der Waals surface area contributed by atoms with Gasteiger partial charge < -0.3 is 0 Å². The number of hydrogen-bond acceptors (Lipinski definition) is 0. The summed E-state index contributed by atoms with van der Waals surface area (Å²) in [6.45, 7) is 7.76. The van der Waals surface area contributed by atoms with Gasteiger partial charge in [0.2, 0.25) is 0 Å². The van der Waals surface area contributed by atoms with E-state index < -0.39 is 23.3 Å². The Bertz CT molecular complexity index is 998. The molecule has 0 nitrogen and oxygen atoms in total. The van der Waals surface area contributed by atoms with Gasteiger partial charge in [-0.2, -0.15) is 0 Å². The van der Waals surface area contributed by atoms with Gasteiger partial charge in [-0.25, -0.2) is 17.6 Å². The van der Waals surface area contributed by atoms with E-state index in [9.17, 15) is 17.6 Å². The van der Waals surface area contributed by atoms with Crippen molar-refractivity contribution in [2.45, 2.75) is 132 Å². The second kappa shape index (κ2) is 17.9. The lowest BCUT2D eigenvalue weighted by Crippen LogP contribution is -2.17. The summed E-state index contributed by atoms with van der Waals surface area (Å²) in [7, 11) is 0. The molecule has 0 aliphatic heterocycles. The van der Waals surface area contributed by atoms with Crippen molar-refractivity contribution in [1.82, 2.24) is 0 Å². The van der Waals surface area contributed by atoms with Crippen LogP contribution in [-0.4, -0.2) is 0 Å². The Morgan fingerprint density at radius 3 is 1.60 bits per heavy atom. The van der Waals surface area contributed by atoms with Gasteiger partial charge in [0.15, 0.2) is 23.3 Å². The molecule has 2 aromatic carbocycles. The molecule has 4 heteroatoms. The van der Waals surface area contributed by atoms with Crippen molar-refractivity contribution in [2.75, 3.05) is 0 Å². The van der Waals surface area contributed by atoms with E-state index >= 15 is 0 Å². The predicted molar refractivity (Wildman–Crippen MR) is 164 cm³/mol. The van der Waals surface area contributed by atoms with Gasteiger partial charge in [0.05, 0.1) is 0 Å². The average molecular weight is 565 g/mol. The molecule has 0 aromatic heterocycles. The van der Waals surface area contributed by atoms with Crippen LogP contribution >= 0.6 is 0 Å². The summed E-state index contributed by atoms with van der Waals surface area (Å²) in [4.78, 5) is 0. The Balaban J connectivity index is 0.000000381. The Morgan fingerprint density at radius 2 is 1.05 bits per heavy atom. The van der Waals surface area contributed by atoms with Crippen molar-refractivity contribution in [1.29, 1.82) is 0 Å². The molecule has 0 unspecified atom stereocenters. The maximum atomic E-state index is 13.8. The first-order valence-electron chi connectivity index (χ1n) is 15.1. The van der Waals surface area contributed by atoms with Crippen LogP contribution in [0, 0.1) is 60.8 Å². The number of aryl methyl sites for hydroxylation is 3. The van der Waals surface area contributed by atoms with Crippen LogP contribution in [0.25, 0.3) is 0 Å². The van der Waals surface area contributed by atoms with E-state index in [0.717, 1.165) is 30.6 Å². The van der Waals surface area contributed by atoms with Crippen molar-refractivity contribution < 1.29 is 17.6 Å². The zero-order valence-electron chi connectivity index (χ0n) is 24.0. The third-order valence-corrected chi connectivity index (χ3v) is 9.08. The van der Waals surface area contributed by atoms with Crippen LogP contribution in [0.4, 0.5) is 17.6 Å². The highest BCUT2D eigenvalue weighted by atomic mass is 19.2. The maximum Gasteiger partial charge on any atom is 0.162 e. The molecule has 2 aliphatic carbocycles. The highest BCUT2D eigenvalue weighted by Crippen LogP contribution is 2.34. The third kappa shape index (κ3) is 10.5. The molecule has 0 spiro atoms. The monoisotopic (exact) mass is 564 g/mol. The van der Waals surface area contributed by atoms with Crippen LogP contribution in [0.15, 0.2) is 24.3 Å². The molecule has 228 valence electrons. The molecule has 0 radical (unpaired) electrons. The minimum Gasteiger partial charge on any atom is -0.203 e. The fourth-order valence-electron chi connectivity index (χ4n) is 6.37. The minimum absolute atomic E-state index is 0. The summed E-state index contributed by atoms with van der Waals surface area (Å²) in [5.41, 5.74) is 1.88. The molecule has 2 saturated carbocycles. The summed E-state index contributed by atoms with van der Waals surface area (Å²) in [5.74, 6) is 0.453. The van der Waals surface area contributed by atoms with Gasteiger partial charge in [-0.3, -0.25) is 0 Å². The standard InChI is InChI=1S/2C17H24F2.2CH4/c1-12-6-9-14(10-7-12)4-3-5-15-11-8-13(2)16(18)17(15)19;1-3-4-13-6-8-14(9-7-13)11-15-10-5-12(2)16(18)17(15)19;;/h8,11-12,14H,3-7,9-10H2,1-2H3;5,10,13-14H,3-4,6-9,11H2,1-2H3;2*1H4. The van der Waals surface area contributed by atoms with E-state index in [4.69, 9.17) is 0 Å². The molecule has 2 aromatic rings. The van der Waals surface area contributed by atoms with Crippen LogP contribution in [-0.2, 0) is 12.8 Å². The molecule has 4 rings (SSSR count). The summed E-state index contributed by atoms with van der Waals surface area (Å²) < 4.78 is 54.5. The van der Waals surface area contributed by atoms with Crippen molar-refractivity contribution in [3.63, 3.8) is 0 Å². The summed E-state index contributed by atoms with van der Waals surface area (Å²) in [5, 5.41) is 0. The lowest BCUT2D eigenvalue weighted by atomic mass is 9.78. The van der Waals surface area contributed by atoms with Crippen molar-refractivity contribution in [2.24, 2.45) is 23.7 Å². The van der Waals surface area contributed by atoms with Crippen molar-refractivity contribution in [3.05, 3.63) is 69.8 Å². The van der Waals surface area contributed by atoms with Gasteiger partial charge >= 0.3 is 0 Å². The van der Waals surface area contributed by atoms with E-state index in [0.29, 0.717) is 41.0 Å². The smallest absolute Gasteiger partial charge is 0.162 e. The normalized spacial score (nSPS) is 22.4. The molecule has 0 bridgehead atoms. The van der Waals surface area contributed by atoms with Crippen molar-refractivity contribution in [3.8, 4) is 0 Å². The van der Waals surface area contributed by atoms with Crippen LogP contribution < -0.4 is 0 Å². The maximum absolute atomic E-state index is 13.8. The summed E-state index contributed by atoms with van der Waals surface area (Å²) >= 11 is 0. The van der Waals surface area contributed by atoms with E-state index in [1.807, 2.05) is 0 Å². The Kier molecular flexibility index (Phi) is 16.2. The molecule has 2 aliphatic rings. The number of rotatable bonds is 8. The fourth-order valence-corrected chi connectivity index (χ4v) is 6.37. The van der Waals surface area contributed by atoms with Gasteiger partial charge in [0.25, 0.3) is 0 Å². The topological polar surface area (TPSA) is 0 Å². The zero-order valence-corrected chi connectivity index (χ0v) is 24.0. The van der Waals surface area contributed by atoms with Gasteiger partial charge in [0.1, 0.15) is 0 Å². The van der Waals surface area contributed by atoms with Gasteiger partial charge in [-0.1, -0.05) is 111 Å². The number of hydrogen-bond donors (Lipinski definition) is 0. The van der Waals surface area contributed by atoms with Crippen molar-refractivity contribution >= 4 is 0 Å². The number of halogens is 4. The molecule has 0 atom stereocenters. The van der Waals surface area contributed by atoms with E-state index in [1.165, 1.54) is 64.2 Å². The second-order valence-electron chi connectivity index (χ2n) is 12.2. The average Bonchev–Trinajstić information content (AvgIpc) is 2.92. The number of benzene rings is 2. The molecule has 0 N–H and O–H groups in total. The highest BCUT2D eigenvalue weighted by molar-refractivity contribution is 5.26. The van der Waals surface area contributed by atoms with Gasteiger partial charge in [0, 0.05) is 0 Å². The second-order valence-corrected chi connectivity index (χ2v) is 12.2. The Labute approximate surface area is 243 Å². The molecule has 40 heavy (non-hydrogen) atoms. The van der Waals surface area contributed by atoms with E-state index in [-0.39, 0.29) is 14.9 Å². The molecular formula is C36H56F4. The van der Waals surface area contributed by atoms with E-state index in [2.05, 4.69) is 13.8 Å². The molecular weight excluding hydrogens is 508 g/mol. The first-order chi connectivity index (χ1) is 18.2. The summed E-state index contributed by atoms with van der Waals surface area (Å²) in [6.07, 6.45) is 16.2. The lowest BCUT2D eigenvalue weighted by Gasteiger charge is -2.28. The van der Waals surface area contributed by atoms with Gasteiger partial charge in [-0.15, -0.1) is 0 Å². The molecule has 0 saturated heterocycles. The van der Waals surface area contributed by atoms with Crippen LogP contribution in [0.2, 0.25) is 0 Å². The van der Waals surface area contributed by atoms with Crippen LogP contribution in [0.3, 0.4) is 0 Å². The molecule has 0 heterocycles. The lowest BCUT2D eigenvalue weighted by molar-refractivity contribution is 0.259. The Hall–Kier alpha value is -1.84. The van der Waals surface area contributed by atoms with Crippen LogP contribution in [0.1, 0.15) is 128 Å². The van der Waals surface area contributed by atoms with E-state index in [1.54, 1.807) is 38.1 Å². The first-order valence-corrected chi connectivity index (χ1v) is 15.1. The predicted octanol–water partition coefficient (Wildman–Crippen LogP) is 12.1. The zero-order chi connectivity index (χ0) is 27.7. The molecule has 2 fully saturated rings. The van der Waals surface area contributed by atoms with Gasteiger partial charge in [-0.05, 0) is 91.9 Å². The largest absolute Gasteiger partial charge is 0.203 e. The Morgan fingerprint density at radius 1 is 0.600 bits per heavy atom. The quantitative estimate of drug-likeness (QED) is 0.280.